The molecule has 0 spiro atoms. The van der Waals surface area contributed by atoms with Gasteiger partial charge in [0, 0.05) is 19.1 Å². The fourth-order valence-corrected chi connectivity index (χ4v) is 3.59. The number of halogens is 2. The van der Waals surface area contributed by atoms with Crippen LogP contribution in [0.2, 0.25) is 0 Å². The third kappa shape index (κ3) is 7.13. The Hall–Kier alpha value is -0.820. The molecule has 0 saturated carbocycles. The first-order chi connectivity index (χ1) is 11.5. The second-order valence-electron chi connectivity index (χ2n) is 6.49. The van der Waals surface area contributed by atoms with E-state index in [1.165, 1.54) is 0 Å². The number of ether oxygens (including phenoxy) is 2. The Labute approximate surface area is 164 Å². The van der Waals surface area contributed by atoms with Gasteiger partial charge in [-0.05, 0) is 66.5 Å². The number of rotatable bonds is 8. The second-order valence-corrected chi connectivity index (χ2v) is 7.35. The quantitative estimate of drug-likeness (QED) is 0.659. The third-order valence-electron chi connectivity index (χ3n) is 4.45. The minimum absolute atomic E-state index is 0. The van der Waals surface area contributed by atoms with Crippen molar-refractivity contribution in [3.8, 4) is 5.75 Å². The standard InChI is InChI=1S/C18H27BrN2O3.ClH/c1-14-3-4-16(15(19)11-14)24-10-5-17(22)21-12-18(13-23-2)6-8-20-9-7-18;/h3-4,11,20H,5-10,12-13H2,1-2H3,(H,21,22);1H. The molecule has 0 aliphatic carbocycles. The summed E-state index contributed by atoms with van der Waals surface area (Å²) in [6.45, 7) is 5.69. The molecule has 2 N–H and O–H groups in total. The van der Waals surface area contributed by atoms with Crippen molar-refractivity contribution in [1.82, 2.24) is 10.6 Å². The molecular weight excluding hydrogens is 408 g/mol. The van der Waals surface area contributed by atoms with Crippen LogP contribution in [0.1, 0.15) is 24.8 Å². The van der Waals surface area contributed by atoms with E-state index in [0.29, 0.717) is 26.2 Å². The van der Waals surface area contributed by atoms with Gasteiger partial charge in [-0.1, -0.05) is 6.07 Å². The Bertz CT molecular complexity index is 546. The summed E-state index contributed by atoms with van der Waals surface area (Å²) in [5, 5.41) is 6.40. The molecule has 2 rings (SSSR count). The van der Waals surface area contributed by atoms with Gasteiger partial charge in [-0.15, -0.1) is 12.4 Å². The maximum absolute atomic E-state index is 12.1. The smallest absolute Gasteiger partial charge is 0.223 e. The van der Waals surface area contributed by atoms with Gasteiger partial charge in [0.05, 0.1) is 24.1 Å². The van der Waals surface area contributed by atoms with Gasteiger partial charge >= 0.3 is 0 Å². The topological polar surface area (TPSA) is 59.6 Å². The molecule has 1 fully saturated rings. The minimum Gasteiger partial charge on any atom is -0.492 e. The zero-order valence-corrected chi connectivity index (χ0v) is 17.3. The fraction of sp³-hybridized carbons (Fsp3) is 0.611. The van der Waals surface area contributed by atoms with Crippen molar-refractivity contribution in [1.29, 1.82) is 0 Å². The molecule has 0 bridgehead atoms. The van der Waals surface area contributed by atoms with E-state index in [4.69, 9.17) is 9.47 Å². The molecule has 1 aliphatic heterocycles. The highest BCUT2D eigenvalue weighted by Gasteiger charge is 2.32. The summed E-state index contributed by atoms with van der Waals surface area (Å²) in [7, 11) is 1.72. The Morgan fingerprint density at radius 1 is 1.36 bits per heavy atom. The fourth-order valence-electron chi connectivity index (χ4n) is 2.99. The summed E-state index contributed by atoms with van der Waals surface area (Å²) >= 11 is 3.48. The molecule has 25 heavy (non-hydrogen) atoms. The number of nitrogens with one attached hydrogen (secondary N) is 2. The summed E-state index contributed by atoms with van der Waals surface area (Å²) in [5.74, 6) is 0.787. The van der Waals surface area contributed by atoms with E-state index in [1.54, 1.807) is 7.11 Å². The highest BCUT2D eigenvalue weighted by atomic mass is 79.9. The Morgan fingerprint density at radius 3 is 2.72 bits per heavy atom. The zero-order valence-electron chi connectivity index (χ0n) is 14.9. The number of aryl methyl sites for hydroxylation is 1. The maximum atomic E-state index is 12.1. The van der Waals surface area contributed by atoms with Crippen molar-refractivity contribution < 1.29 is 14.3 Å². The molecule has 142 valence electrons. The Kier molecular flexibility index (Phi) is 9.79. The number of hydrogen-bond donors (Lipinski definition) is 2. The van der Waals surface area contributed by atoms with E-state index in [2.05, 4.69) is 26.6 Å². The molecule has 1 aromatic carbocycles. The van der Waals surface area contributed by atoms with Crippen molar-refractivity contribution >= 4 is 34.2 Å². The molecule has 5 nitrogen and oxygen atoms in total. The largest absolute Gasteiger partial charge is 0.492 e. The average Bonchev–Trinajstić information content (AvgIpc) is 2.56. The van der Waals surface area contributed by atoms with Gasteiger partial charge in [-0.2, -0.15) is 0 Å². The summed E-state index contributed by atoms with van der Waals surface area (Å²) in [6.07, 6.45) is 2.39. The maximum Gasteiger partial charge on any atom is 0.223 e. The molecule has 0 aromatic heterocycles. The molecular formula is C18H28BrClN2O3. The van der Waals surface area contributed by atoms with Gasteiger partial charge < -0.3 is 20.1 Å². The van der Waals surface area contributed by atoms with E-state index in [-0.39, 0.29) is 23.7 Å². The monoisotopic (exact) mass is 434 g/mol. The van der Waals surface area contributed by atoms with Crippen LogP contribution in [0.4, 0.5) is 0 Å². The van der Waals surface area contributed by atoms with Crippen LogP contribution in [0, 0.1) is 12.3 Å². The van der Waals surface area contributed by atoms with E-state index in [0.717, 1.165) is 41.7 Å². The Morgan fingerprint density at radius 2 is 2.08 bits per heavy atom. The lowest BCUT2D eigenvalue weighted by molar-refractivity contribution is -0.122. The van der Waals surface area contributed by atoms with Crippen LogP contribution in [0.25, 0.3) is 0 Å². The number of hydrogen-bond acceptors (Lipinski definition) is 4. The van der Waals surface area contributed by atoms with Crippen molar-refractivity contribution in [3.63, 3.8) is 0 Å². The van der Waals surface area contributed by atoms with Crippen LogP contribution in [0.5, 0.6) is 5.75 Å². The van der Waals surface area contributed by atoms with Gasteiger partial charge in [-0.3, -0.25) is 4.79 Å². The van der Waals surface area contributed by atoms with E-state index >= 15 is 0 Å². The van der Waals surface area contributed by atoms with Crippen molar-refractivity contribution in [2.75, 3.05) is 40.0 Å². The lowest BCUT2D eigenvalue weighted by Gasteiger charge is -2.37. The first-order valence-electron chi connectivity index (χ1n) is 8.40. The second kappa shape index (κ2) is 11.0. The van der Waals surface area contributed by atoms with Gasteiger partial charge in [-0.25, -0.2) is 0 Å². The zero-order chi connectivity index (χ0) is 17.4. The van der Waals surface area contributed by atoms with Crippen LogP contribution in [0.3, 0.4) is 0 Å². The highest BCUT2D eigenvalue weighted by molar-refractivity contribution is 9.10. The van der Waals surface area contributed by atoms with E-state index < -0.39 is 0 Å². The SMILES string of the molecule is COCC1(CNC(=O)CCOc2ccc(C)cc2Br)CCNCC1.Cl. The number of carbonyl (C=O) groups excluding carboxylic acids is 1. The minimum atomic E-state index is 0. The van der Waals surface area contributed by atoms with Crippen LogP contribution < -0.4 is 15.4 Å². The molecule has 0 unspecified atom stereocenters. The highest BCUT2D eigenvalue weighted by Crippen LogP contribution is 2.28. The first-order valence-corrected chi connectivity index (χ1v) is 9.19. The van der Waals surface area contributed by atoms with Crippen molar-refractivity contribution in [3.05, 3.63) is 28.2 Å². The summed E-state index contributed by atoms with van der Waals surface area (Å²) in [4.78, 5) is 12.1. The lowest BCUT2D eigenvalue weighted by Crippen LogP contribution is -2.47. The lowest BCUT2D eigenvalue weighted by atomic mass is 9.79. The van der Waals surface area contributed by atoms with Crippen molar-refractivity contribution in [2.45, 2.75) is 26.2 Å². The molecule has 0 atom stereocenters. The van der Waals surface area contributed by atoms with Gasteiger partial charge in [0.15, 0.2) is 0 Å². The molecule has 1 amide bonds. The van der Waals surface area contributed by atoms with Gasteiger partial charge in [0.25, 0.3) is 0 Å². The molecule has 1 saturated heterocycles. The number of carbonyl (C=O) groups is 1. The molecule has 7 heteroatoms. The van der Waals surface area contributed by atoms with Gasteiger partial charge in [0.2, 0.25) is 5.91 Å². The van der Waals surface area contributed by atoms with E-state index in [9.17, 15) is 4.79 Å². The molecule has 1 aliphatic rings. The predicted octanol–water partition coefficient (Wildman–Crippen LogP) is 3.08. The van der Waals surface area contributed by atoms with Crippen molar-refractivity contribution in [2.24, 2.45) is 5.41 Å². The average molecular weight is 436 g/mol. The van der Waals surface area contributed by atoms with Crippen LogP contribution in [0.15, 0.2) is 22.7 Å². The number of benzene rings is 1. The summed E-state index contributed by atoms with van der Waals surface area (Å²) in [6, 6.07) is 5.91. The number of methoxy groups -OCH3 is 1. The molecule has 0 radical (unpaired) electrons. The number of amides is 1. The van der Waals surface area contributed by atoms with Gasteiger partial charge in [0.1, 0.15) is 5.75 Å². The van der Waals surface area contributed by atoms with E-state index in [1.807, 2.05) is 25.1 Å². The summed E-state index contributed by atoms with van der Waals surface area (Å²) in [5.41, 5.74) is 1.22. The third-order valence-corrected chi connectivity index (χ3v) is 5.07. The van der Waals surface area contributed by atoms with Crippen LogP contribution in [-0.4, -0.2) is 45.9 Å². The van der Waals surface area contributed by atoms with Crippen LogP contribution in [-0.2, 0) is 9.53 Å². The molecule has 1 aromatic rings. The first kappa shape index (κ1) is 22.2. The number of piperidine rings is 1. The predicted molar refractivity (Wildman–Crippen MR) is 106 cm³/mol. The normalized spacial score (nSPS) is 16.0. The molecule has 1 heterocycles. The Balaban J connectivity index is 0.00000312. The summed E-state index contributed by atoms with van der Waals surface area (Å²) < 4.78 is 12.0. The van der Waals surface area contributed by atoms with Crippen LogP contribution >= 0.6 is 28.3 Å².